The maximum atomic E-state index is 8.25. The molecule has 0 bridgehead atoms. The molecule has 2 aromatic carbocycles. The van der Waals surface area contributed by atoms with E-state index >= 15 is 0 Å². The fourth-order valence-electron chi connectivity index (χ4n) is 0.791. The fraction of sp³-hybridized carbons (Fsp3) is 0.0909. The van der Waals surface area contributed by atoms with Crippen LogP contribution in [0.15, 0.2) is 54.6 Å². The van der Waals surface area contributed by atoms with Gasteiger partial charge in [-0.1, -0.05) is 0 Å². The SMILES string of the molecule is C[O-].[Fe+2].[Li][c-]1cccc1.c1cc[cH-]c1. The zero-order valence-electron chi connectivity index (χ0n) is 8.46. The van der Waals surface area contributed by atoms with Gasteiger partial charge in [0.25, 0.3) is 0 Å². The Morgan fingerprint density at radius 2 is 1.43 bits per heavy atom. The predicted molar refractivity (Wildman–Crippen MR) is 55.4 cm³/mol. The van der Waals surface area contributed by atoms with Crippen LogP contribution in [0.3, 0.4) is 0 Å². The van der Waals surface area contributed by atoms with E-state index in [0.29, 0.717) is 0 Å². The zero-order chi connectivity index (χ0) is 9.94. The van der Waals surface area contributed by atoms with Crippen LogP contribution in [0, 0.1) is 0 Å². The van der Waals surface area contributed by atoms with Crippen LogP contribution in [0.25, 0.3) is 0 Å². The van der Waals surface area contributed by atoms with Crippen molar-refractivity contribution in [3.8, 4) is 0 Å². The second-order valence-corrected chi connectivity index (χ2v) is 2.42. The number of rotatable bonds is 0. The first-order chi connectivity index (χ1) is 6.39. The molecule has 0 heterocycles. The van der Waals surface area contributed by atoms with Gasteiger partial charge in [-0.05, 0) is 0 Å². The molecule has 2 aromatic rings. The number of hydrogen-bond donors (Lipinski definition) is 0. The van der Waals surface area contributed by atoms with Gasteiger partial charge >= 0.3 is 63.3 Å². The van der Waals surface area contributed by atoms with Crippen molar-refractivity contribution in [2.45, 2.75) is 0 Å². The molecule has 0 aromatic heterocycles. The van der Waals surface area contributed by atoms with Crippen molar-refractivity contribution in [1.82, 2.24) is 0 Å². The molecule has 0 aliphatic heterocycles. The van der Waals surface area contributed by atoms with E-state index in [0.717, 1.165) is 7.11 Å². The normalized spacial score (nSPS) is 7.14. The van der Waals surface area contributed by atoms with Crippen LogP contribution in [0.5, 0.6) is 0 Å². The third-order valence-electron chi connectivity index (χ3n) is 1.38. The van der Waals surface area contributed by atoms with Crippen molar-refractivity contribution >= 4 is 22.0 Å². The van der Waals surface area contributed by atoms with Crippen LogP contribution in [0.4, 0.5) is 0 Å². The smallest absolute Gasteiger partial charge is 0.172 e. The minimum absolute atomic E-state index is 0. The molecule has 0 amide bonds. The molecule has 0 saturated carbocycles. The largest absolute Gasteiger partial charge is 0.214 e. The van der Waals surface area contributed by atoms with E-state index in [1.54, 1.807) is 0 Å². The first-order valence-corrected chi connectivity index (χ1v) is 4.15. The summed E-state index contributed by atoms with van der Waals surface area (Å²) in [6.45, 7) is 0. The van der Waals surface area contributed by atoms with Crippen molar-refractivity contribution < 1.29 is 22.2 Å². The van der Waals surface area contributed by atoms with E-state index in [4.69, 9.17) is 5.11 Å². The van der Waals surface area contributed by atoms with Gasteiger partial charge in [0.2, 0.25) is 0 Å². The molecule has 0 saturated heterocycles. The average molecular weight is 223 g/mol. The quantitative estimate of drug-likeness (QED) is 0.473. The van der Waals surface area contributed by atoms with Gasteiger partial charge in [0, 0.05) is 0 Å². The molecule has 2 rings (SSSR count). The van der Waals surface area contributed by atoms with E-state index < -0.39 is 0 Å². The monoisotopic (exact) mass is 223 g/mol. The van der Waals surface area contributed by atoms with E-state index in [2.05, 4.69) is 29.8 Å². The van der Waals surface area contributed by atoms with Gasteiger partial charge < -0.3 is 5.11 Å². The Balaban J connectivity index is 0. The van der Waals surface area contributed by atoms with Gasteiger partial charge in [0.1, 0.15) is 0 Å². The Hall–Kier alpha value is -0.223. The van der Waals surface area contributed by atoms with Crippen molar-refractivity contribution in [2.24, 2.45) is 0 Å². The van der Waals surface area contributed by atoms with Gasteiger partial charge in [0.05, 0.1) is 0 Å². The molecule has 0 unspecified atom stereocenters. The molecule has 0 aliphatic rings. The molecular formula is C11H12FeLiO-. The van der Waals surface area contributed by atoms with E-state index in [1.807, 2.05) is 42.5 Å². The third kappa shape index (κ3) is 9.86. The second kappa shape index (κ2) is 12.8. The third-order valence-corrected chi connectivity index (χ3v) is 1.38. The van der Waals surface area contributed by atoms with Crippen LogP contribution < -0.4 is 9.34 Å². The Bertz CT molecular complexity index is 233. The van der Waals surface area contributed by atoms with Crippen LogP contribution in [0.1, 0.15) is 0 Å². The molecule has 14 heavy (non-hydrogen) atoms. The summed E-state index contributed by atoms with van der Waals surface area (Å²) in [7, 11) is 0.750. The van der Waals surface area contributed by atoms with Gasteiger partial charge in [0.15, 0.2) is 0 Å². The summed E-state index contributed by atoms with van der Waals surface area (Å²) < 4.78 is 1.34. The maximum absolute atomic E-state index is 8.25. The minimum Gasteiger partial charge on any atom is -0.214 e. The molecule has 0 aliphatic carbocycles. The maximum Gasteiger partial charge on any atom is -0.172 e. The van der Waals surface area contributed by atoms with Gasteiger partial charge in [-0.2, -0.15) is 25.3 Å². The first-order valence-electron chi connectivity index (χ1n) is 4.15. The number of hydrogen-bond acceptors (Lipinski definition) is 1. The Morgan fingerprint density at radius 1 is 1.00 bits per heavy atom. The molecule has 0 atom stereocenters. The van der Waals surface area contributed by atoms with Gasteiger partial charge in [-0.25, -0.2) is 12.1 Å². The molecule has 1 nitrogen and oxygen atoms in total. The summed E-state index contributed by atoms with van der Waals surface area (Å²) in [5, 5.41) is 8.25. The van der Waals surface area contributed by atoms with Gasteiger partial charge in [-0.3, -0.25) is 0 Å². The Kier molecular flexibility index (Phi) is 14.8. The topological polar surface area (TPSA) is 23.1 Å². The van der Waals surface area contributed by atoms with Gasteiger partial charge in [-0.15, -0.1) is 0 Å². The molecule has 0 N–H and O–H groups in total. The van der Waals surface area contributed by atoms with Crippen LogP contribution in [0.2, 0.25) is 0 Å². The summed E-state index contributed by atoms with van der Waals surface area (Å²) in [6, 6.07) is 18.2. The van der Waals surface area contributed by atoms with E-state index in [1.165, 1.54) is 4.24 Å². The fourth-order valence-corrected chi connectivity index (χ4v) is 0.791. The summed E-state index contributed by atoms with van der Waals surface area (Å²) in [5.41, 5.74) is 0. The summed E-state index contributed by atoms with van der Waals surface area (Å²) in [5.74, 6) is 0. The van der Waals surface area contributed by atoms with Crippen molar-refractivity contribution in [2.75, 3.05) is 7.11 Å². The predicted octanol–water partition coefficient (Wildman–Crippen LogP) is 0.579. The van der Waals surface area contributed by atoms with Crippen molar-refractivity contribution in [3.05, 3.63) is 54.6 Å². The average Bonchev–Trinajstić information content (AvgIpc) is 2.81. The van der Waals surface area contributed by atoms with E-state index in [-0.39, 0.29) is 17.1 Å². The standard InChI is InChI=1S/C5H5.C5H4.CH3O.Fe.Li/c2*1-2-4-5-3-1;1-2;;/h1-5H;1-4H;1H3;;/q3*-1;+2;. The minimum atomic E-state index is 0. The Labute approximate surface area is 106 Å². The van der Waals surface area contributed by atoms with Crippen molar-refractivity contribution in [1.29, 1.82) is 0 Å². The molecule has 72 valence electrons. The van der Waals surface area contributed by atoms with Crippen LogP contribution in [-0.4, -0.2) is 24.8 Å². The zero-order valence-corrected chi connectivity index (χ0v) is 9.56. The summed E-state index contributed by atoms with van der Waals surface area (Å²) in [6.07, 6.45) is 0. The summed E-state index contributed by atoms with van der Waals surface area (Å²) >= 11 is 2.08. The van der Waals surface area contributed by atoms with E-state index in [9.17, 15) is 0 Å². The van der Waals surface area contributed by atoms with Crippen molar-refractivity contribution in [3.63, 3.8) is 0 Å². The molecular weight excluding hydrogens is 211 g/mol. The molecule has 0 spiro atoms. The van der Waals surface area contributed by atoms with Crippen LogP contribution in [-0.2, 0) is 17.1 Å². The molecule has 3 heteroatoms. The second-order valence-electron chi connectivity index (χ2n) is 2.42. The summed E-state index contributed by atoms with van der Waals surface area (Å²) in [4.78, 5) is 0. The Morgan fingerprint density at radius 3 is 1.57 bits per heavy atom. The molecule has 0 radical (unpaired) electrons. The molecule has 0 fully saturated rings. The first kappa shape index (κ1) is 16.2. The van der Waals surface area contributed by atoms with Crippen LogP contribution >= 0.6 is 0 Å².